The summed E-state index contributed by atoms with van der Waals surface area (Å²) >= 11 is 0. The lowest BCUT2D eigenvalue weighted by molar-refractivity contribution is 0.0951. The van der Waals surface area contributed by atoms with Gasteiger partial charge in [0.2, 0.25) is 0 Å². The Kier molecular flexibility index (Phi) is 5.31. The number of hydrogen-bond donors (Lipinski definition) is 2. The summed E-state index contributed by atoms with van der Waals surface area (Å²) < 4.78 is 14.5. The van der Waals surface area contributed by atoms with Crippen LogP contribution in [0.1, 0.15) is 34.3 Å². The van der Waals surface area contributed by atoms with Crippen LogP contribution in [-0.2, 0) is 0 Å². The Morgan fingerprint density at radius 3 is 2.80 bits per heavy atom. The molecule has 1 fully saturated rings. The summed E-state index contributed by atoms with van der Waals surface area (Å²) in [6, 6.07) is 9.91. The zero-order valence-electron chi connectivity index (χ0n) is 16.4. The Morgan fingerprint density at radius 2 is 2.07 bits per heavy atom. The van der Waals surface area contributed by atoms with Crippen LogP contribution in [-0.4, -0.2) is 29.0 Å². The summed E-state index contributed by atoms with van der Waals surface area (Å²) in [6.07, 6.45) is 6.84. The first kappa shape index (κ1) is 19.4. The lowest BCUT2D eigenvalue weighted by atomic mass is 10.1. The number of rotatable bonds is 4. The highest BCUT2D eigenvalue weighted by molar-refractivity contribution is 5.95. The van der Waals surface area contributed by atoms with E-state index in [9.17, 15) is 9.18 Å². The molecule has 0 bridgehead atoms. The topological polar surface area (TPSA) is 84.1 Å². The molecule has 0 radical (unpaired) electrons. The van der Waals surface area contributed by atoms with Crippen LogP contribution in [0.3, 0.4) is 0 Å². The Morgan fingerprint density at radius 1 is 1.23 bits per heavy atom. The third-order valence-electron chi connectivity index (χ3n) is 4.78. The lowest BCUT2D eigenvalue weighted by Crippen LogP contribution is -2.25. The molecule has 0 atom stereocenters. The molecule has 1 aliphatic carbocycles. The zero-order chi connectivity index (χ0) is 21.1. The normalized spacial score (nSPS) is 12.6. The molecule has 30 heavy (non-hydrogen) atoms. The molecule has 1 aromatic carbocycles. The third-order valence-corrected chi connectivity index (χ3v) is 4.78. The van der Waals surface area contributed by atoms with Crippen LogP contribution < -0.4 is 16.0 Å². The Balaban J connectivity index is 1.62. The molecule has 3 N–H and O–H groups in total. The third kappa shape index (κ3) is 4.39. The summed E-state index contributed by atoms with van der Waals surface area (Å²) in [6.45, 7) is 0. The van der Waals surface area contributed by atoms with Crippen molar-refractivity contribution in [3.8, 4) is 11.8 Å². The van der Waals surface area contributed by atoms with E-state index >= 15 is 0 Å². The predicted octanol–water partition coefficient (Wildman–Crippen LogP) is 3.26. The average Bonchev–Trinajstić information content (AvgIpc) is 3.57. The number of benzene rings is 1. The predicted molar refractivity (Wildman–Crippen MR) is 114 cm³/mol. The SMILES string of the molecule is CN(c1cnc(N)c(C#Cc2cccnc2)c1)c1cc(C(=O)NC2CC2)ccc1F. The summed E-state index contributed by atoms with van der Waals surface area (Å²) in [5.41, 5.74) is 8.49. The van der Waals surface area contributed by atoms with Crippen LogP contribution in [0, 0.1) is 17.7 Å². The van der Waals surface area contributed by atoms with Gasteiger partial charge in [-0.3, -0.25) is 9.78 Å². The van der Waals surface area contributed by atoms with Crippen LogP contribution in [0.4, 0.5) is 21.6 Å². The summed E-state index contributed by atoms with van der Waals surface area (Å²) in [4.78, 5) is 22.2. The second kappa shape index (κ2) is 8.21. The van der Waals surface area contributed by atoms with Gasteiger partial charge in [-0.05, 0) is 49.2 Å². The molecule has 0 spiro atoms. The van der Waals surface area contributed by atoms with Crippen molar-refractivity contribution in [3.05, 3.63) is 77.5 Å². The molecule has 150 valence electrons. The highest BCUT2D eigenvalue weighted by Crippen LogP contribution is 2.29. The molecule has 1 amide bonds. The quantitative estimate of drug-likeness (QED) is 0.656. The number of carbonyl (C=O) groups is 1. The van der Waals surface area contributed by atoms with Crippen LogP contribution in [0.2, 0.25) is 0 Å². The molecule has 2 heterocycles. The van der Waals surface area contributed by atoms with E-state index in [4.69, 9.17) is 5.73 Å². The van der Waals surface area contributed by atoms with Crippen LogP contribution in [0.25, 0.3) is 0 Å². The van der Waals surface area contributed by atoms with Crippen LogP contribution in [0.5, 0.6) is 0 Å². The molecule has 1 aliphatic rings. The molecule has 4 rings (SSSR count). The number of nitrogens with two attached hydrogens (primary N) is 1. The van der Waals surface area contributed by atoms with Gasteiger partial charge < -0.3 is 16.0 Å². The number of halogens is 1. The maximum Gasteiger partial charge on any atom is 0.251 e. The van der Waals surface area contributed by atoms with Crippen molar-refractivity contribution < 1.29 is 9.18 Å². The lowest BCUT2D eigenvalue weighted by Gasteiger charge is -2.21. The van der Waals surface area contributed by atoms with E-state index in [2.05, 4.69) is 27.1 Å². The van der Waals surface area contributed by atoms with Gasteiger partial charge in [0, 0.05) is 36.6 Å². The smallest absolute Gasteiger partial charge is 0.251 e. The molecule has 3 aromatic rings. The number of nitrogen functional groups attached to an aromatic ring is 1. The van der Waals surface area contributed by atoms with Gasteiger partial charge in [0.15, 0.2) is 0 Å². The van der Waals surface area contributed by atoms with Gasteiger partial charge in [-0.25, -0.2) is 9.37 Å². The molecule has 0 saturated heterocycles. The fraction of sp³-hybridized carbons (Fsp3) is 0.174. The van der Waals surface area contributed by atoms with Crippen molar-refractivity contribution >= 4 is 23.1 Å². The minimum Gasteiger partial charge on any atom is -0.383 e. The molecule has 2 aromatic heterocycles. The summed E-state index contributed by atoms with van der Waals surface area (Å²) in [7, 11) is 1.70. The first-order chi connectivity index (χ1) is 14.5. The van der Waals surface area contributed by atoms with E-state index in [1.165, 1.54) is 18.2 Å². The second-order valence-electron chi connectivity index (χ2n) is 7.09. The largest absolute Gasteiger partial charge is 0.383 e. The number of amides is 1. The average molecular weight is 401 g/mol. The Bertz CT molecular complexity index is 1150. The maximum absolute atomic E-state index is 14.5. The molecule has 0 unspecified atom stereocenters. The van der Waals surface area contributed by atoms with Gasteiger partial charge >= 0.3 is 0 Å². The van der Waals surface area contributed by atoms with Gasteiger partial charge in [0.05, 0.1) is 23.1 Å². The van der Waals surface area contributed by atoms with E-state index in [-0.39, 0.29) is 23.5 Å². The monoisotopic (exact) mass is 401 g/mol. The number of nitrogens with one attached hydrogen (secondary N) is 1. The molecule has 0 aliphatic heterocycles. The van der Waals surface area contributed by atoms with Crippen LogP contribution in [0.15, 0.2) is 55.0 Å². The van der Waals surface area contributed by atoms with Crippen molar-refractivity contribution in [2.45, 2.75) is 18.9 Å². The van der Waals surface area contributed by atoms with Crippen molar-refractivity contribution in [2.24, 2.45) is 0 Å². The van der Waals surface area contributed by atoms with Crippen molar-refractivity contribution in [2.75, 3.05) is 17.7 Å². The highest BCUT2D eigenvalue weighted by atomic mass is 19.1. The molecular weight excluding hydrogens is 381 g/mol. The van der Waals surface area contributed by atoms with E-state index in [1.807, 2.05) is 6.07 Å². The standard InChI is InChI=1S/C23H20FN5O/c1-29(21-12-17(6-9-20(21)24)23(30)28-18-7-8-18)19-11-16(22(25)27-14-19)5-4-15-3-2-10-26-13-15/h2-3,6,9-14,18H,7-8H2,1H3,(H2,25,27)(H,28,30). The summed E-state index contributed by atoms with van der Waals surface area (Å²) in [5, 5.41) is 2.91. The minimum absolute atomic E-state index is 0.203. The van der Waals surface area contributed by atoms with E-state index in [0.717, 1.165) is 18.4 Å². The first-order valence-corrected chi connectivity index (χ1v) is 9.53. The van der Waals surface area contributed by atoms with Gasteiger partial charge in [-0.1, -0.05) is 11.8 Å². The van der Waals surface area contributed by atoms with Crippen molar-refractivity contribution in [1.29, 1.82) is 0 Å². The van der Waals surface area contributed by atoms with E-state index in [0.29, 0.717) is 16.8 Å². The minimum atomic E-state index is -0.444. The number of anilines is 3. The fourth-order valence-corrected chi connectivity index (χ4v) is 2.87. The Hall–Kier alpha value is -3.92. The van der Waals surface area contributed by atoms with Crippen molar-refractivity contribution in [1.82, 2.24) is 15.3 Å². The van der Waals surface area contributed by atoms with E-state index < -0.39 is 5.82 Å². The molecule has 1 saturated carbocycles. The van der Waals surface area contributed by atoms with Crippen molar-refractivity contribution in [3.63, 3.8) is 0 Å². The second-order valence-corrected chi connectivity index (χ2v) is 7.09. The van der Waals surface area contributed by atoms with Gasteiger partial charge in [-0.2, -0.15) is 0 Å². The highest BCUT2D eigenvalue weighted by Gasteiger charge is 2.24. The summed E-state index contributed by atoms with van der Waals surface area (Å²) in [5.74, 6) is 5.61. The first-order valence-electron chi connectivity index (χ1n) is 9.53. The number of hydrogen-bond acceptors (Lipinski definition) is 5. The van der Waals surface area contributed by atoms with Crippen LogP contribution >= 0.6 is 0 Å². The fourth-order valence-electron chi connectivity index (χ4n) is 2.87. The van der Waals surface area contributed by atoms with Gasteiger partial charge in [-0.15, -0.1) is 0 Å². The van der Waals surface area contributed by atoms with E-state index in [1.54, 1.807) is 42.7 Å². The van der Waals surface area contributed by atoms with Gasteiger partial charge in [0.25, 0.3) is 5.91 Å². The van der Waals surface area contributed by atoms with Gasteiger partial charge in [0.1, 0.15) is 11.6 Å². The Labute approximate surface area is 174 Å². The zero-order valence-corrected chi connectivity index (χ0v) is 16.4. The number of aromatic nitrogens is 2. The molecule has 7 heteroatoms. The molecular formula is C23H20FN5O. The number of pyridine rings is 2. The molecule has 6 nitrogen and oxygen atoms in total. The number of carbonyl (C=O) groups excluding carboxylic acids is 1. The number of nitrogens with zero attached hydrogens (tertiary/aromatic N) is 3. The maximum atomic E-state index is 14.5.